The van der Waals surface area contributed by atoms with Gasteiger partial charge in [-0.1, -0.05) is 36.4 Å². The number of nitrogens with one attached hydrogen (secondary N) is 2. The maximum atomic E-state index is 11.7. The van der Waals surface area contributed by atoms with E-state index in [-0.39, 0.29) is 11.9 Å². The number of hydrazine groups is 1. The van der Waals surface area contributed by atoms with Crippen molar-refractivity contribution in [3.05, 3.63) is 66.2 Å². The monoisotopic (exact) mass is 254 g/mol. The SMILES string of the molecule is NC(=Nc1ccccc1)NNC(=O)c1ccccc1. The fraction of sp³-hybridized carbons (Fsp3) is 0. The Bertz CT molecular complexity index is 567. The number of hydrogen-bond acceptors (Lipinski definition) is 2. The highest BCUT2D eigenvalue weighted by Gasteiger charge is 2.03. The number of hydrogen-bond donors (Lipinski definition) is 3. The van der Waals surface area contributed by atoms with Crippen molar-refractivity contribution in [3.8, 4) is 0 Å². The summed E-state index contributed by atoms with van der Waals surface area (Å²) in [5, 5.41) is 0. The number of rotatable bonds is 2. The van der Waals surface area contributed by atoms with Gasteiger partial charge < -0.3 is 5.73 Å². The molecule has 5 heteroatoms. The van der Waals surface area contributed by atoms with Crippen LogP contribution in [0.3, 0.4) is 0 Å². The highest BCUT2D eigenvalue weighted by molar-refractivity contribution is 5.95. The van der Waals surface area contributed by atoms with E-state index in [1.807, 2.05) is 36.4 Å². The van der Waals surface area contributed by atoms with Crippen molar-refractivity contribution in [1.82, 2.24) is 10.9 Å². The van der Waals surface area contributed by atoms with Crippen LogP contribution in [0.15, 0.2) is 65.7 Å². The predicted octanol–water partition coefficient (Wildman–Crippen LogP) is 1.57. The van der Waals surface area contributed by atoms with E-state index in [1.54, 1.807) is 24.3 Å². The number of para-hydroxylation sites is 1. The summed E-state index contributed by atoms with van der Waals surface area (Å²) >= 11 is 0. The Balaban J connectivity index is 1.92. The molecule has 0 fully saturated rings. The lowest BCUT2D eigenvalue weighted by atomic mass is 10.2. The Morgan fingerprint density at radius 2 is 1.47 bits per heavy atom. The number of carbonyl (C=O) groups is 1. The zero-order valence-electron chi connectivity index (χ0n) is 10.2. The highest BCUT2D eigenvalue weighted by atomic mass is 16.2. The van der Waals surface area contributed by atoms with Crippen LogP contribution in [0.4, 0.5) is 5.69 Å². The zero-order valence-corrected chi connectivity index (χ0v) is 10.2. The third-order valence-electron chi connectivity index (χ3n) is 2.35. The lowest BCUT2D eigenvalue weighted by Gasteiger charge is -2.07. The average molecular weight is 254 g/mol. The molecule has 0 saturated heterocycles. The minimum Gasteiger partial charge on any atom is -0.368 e. The van der Waals surface area contributed by atoms with Crippen LogP contribution in [-0.4, -0.2) is 11.9 Å². The Morgan fingerprint density at radius 1 is 0.895 bits per heavy atom. The first-order chi connectivity index (χ1) is 9.25. The zero-order chi connectivity index (χ0) is 13.5. The van der Waals surface area contributed by atoms with E-state index in [2.05, 4.69) is 15.8 Å². The van der Waals surface area contributed by atoms with Crippen molar-refractivity contribution in [2.45, 2.75) is 0 Å². The summed E-state index contributed by atoms with van der Waals surface area (Å²) in [5.74, 6) is -0.151. The van der Waals surface area contributed by atoms with E-state index in [0.29, 0.717) is 11.3 Å². The third kappa shape index (κ3) is 3.85. The molecule has 0 atom stereocenters. The molecule has 4 N–H and O–H groups in total. The van der Waals surface area contributed by atoms with Crippen LogP contribution in [0.2, 0.25) is 0 Å². The molecule has 0 heterocycles. The van der Waals surface area contributed by atoms with E-state index >= 15 is 0 Å². The largest absolute Gasteiger partial charge is 0.368 e. The summed E-state index contributed by atoms with van der Waals surface area (Å²) < 4.78 is 0. The molecule has 0 saturated carbocycles. The third-order valence-corrected chi connectivity index (χ3v) is 2.35. The second kappa shape index (κ2) is 6.20. The first kappa shape index (κ1) is 12.6. The van der Waals surface area contributed by atoms with Crippen LogP contribution in [0.5, 0.6) is 0 Å². The predicted molar refractivity (Wildman–Crippen MR) is 74.8 cm³/mol. The van der Waals surface area contributed by atoms with E-state index in [1.165, 1.54) is 0 Å². The number of nitrogens with zero attached hydrogens (tertiary/aromatic N) is 1. The van der Waals surface area contributed by atoms with Crippen molar-refractivity contribution in [2.75, 3.05) is 0 Å². The molecule has 0 aliphatic rings. The molecular weight excluding hydrogens is 240 g/mol. The first-order valence-corrected chi connectivity index (χ1v) is 5.76. The summed E-state index contributed by atoms with van der Waals surface area (Å²) in [7, 11) is 0. The van der Waals surface area contributed by atoms with Crippen molar-refractivity contribution in [1.29, 1.82) is 0 Å². The van der Waals surface area contributed by atoms with Gasteiger partial charge in [0, 0.05) is 5.56 Å². The van der Waals surface area contributed by atoms with Crippen molar-refractivity contribution in [2.24, 2.45) is 10.7 Å². The number of aliphatic imine (C=N–C) groups is 1. The van der Waals surface area contributed by atoms with Gasteiger partial charge in [0.1, 0.15) is 0 Å². The Labute approximate surface area is 111 Å². The number of benzene rings is 2. The smallest absolute Gasteiger partial charge is 0.269 e. The molecule has 2 rings (SSSR count). The lowest BCUT2D eigenvalue weighted by molar-refractivity contribution is 0.0943. The van der Waals surface area contributed by atoms with E-state index < -0.39 is 0 Å². The number of amides is 1. The van der Waals surface area contributed by atoms with Gasteiger partial charge in [0.2, 0.25) is 5.96 Å². The van der Waals surface area contributed by atoms with E-state index in [9.17, 15) is 4.79 Å². The maximum absolute atomic E-state index is 11.7. The Hall–Kier alpha value is -2.82. The molecule has 1 amide bonds. The minimum atomic E-state index is -0.271. The molecule has 0 radical (unpaired) electrons. The number of carbonyl (C=O) groups excluding carboxylic acids is 1. The maximum Gasteiger partial charge on any atom is 0.269 e. The Kier molecular flexibility index (Phi) is 4.12. The number of guanidine groups is 1. The van der Waals surface area contributed by atoms with E-state index in [0.717, 1.165) is 0 Å². The quantitative estimate of drug-likeness (QED) is 0.432. The average Bonchev–Trinajstić information content (AvgIpc) is 2.47. The van der Waals surface area contributed by atoms with Crippen LogP contribution in [0, 0.1) is 0 Å². The summed E-state index contributed by atoms with van der Waals surface area (Å²) in [6.07, 6.45) is 0. The second-order valence-electron chi connectivity index (χ2n) is 3.78. The summed E-state index contributed by atoms with van der Waals surface area (Å²) in [6, 6.07) is 18.1. The molecule has 5 nitrogen and oxygen atoms in total. The molecule has 0 unspecified atom stereocenters. The van der Waals surface area contributed by atoms with Gasteiger partial charge >= 0.3 is 0 Å². The molecule has 0 aromatic heterocycles. The molecule has 0 spiro atoms. The highest BCUT2D eigenvalue weighted by Crippen LogP contribution is 2.08. The van der Waals surface area contributed by atoms with Gasteiger partial charge in [-0.2, -0.15) is 0 Å². The van der Waals surface area contributed by atoms with Crippen molar-refractivity contribution in [3.63, 3.8) is 0 Å². The van der Waals surface area contributed by atoms with Gasteiger partial charge in [-0.3, -0.25) is 15.6 Å². The lowest BCUT2D eigenvalue weighted by Crippen LogP contribution is -2.45. The molecule has 0 aliphatic heterocycles. The summed E-state index contributed by atoms with van der Waals surface area (Å²) in [5.41, 5.74) is 11.9. The molecule has 0 bridgehead atoms. The minimum absolute atomic E-state index is 0.121. The Morgan fingerprint density at radius 3 is 2.11 bits per heavy atom. The second-order valence-corrected chi connectivity index (χ2v) is 3.78. The van der Waals surface area contributed by atoms with Gasteiger partial charge in [0.15, 0.2) is 0 Å². The van der Waals surface area contributed by atoms with E-state index in [4.69, 9.17) is 5.73 Å². The summed E-state index contributed by atoms with van der Waals surface area (Å²) in [6.45, 7) is 0. The fourth-order valence-corrected chi connectivity index (χ4v) is 1.45. The molecule has 2 aromatic carbocycles. The summed E-state index contributed by atoms with van der Waals surface area (Å²) in [4.78, 5) is 15.8. The normalized spacial score (nSPS) is 10.8. The van der Waals surface area contributed by atoms with Crippen LogP contribution >= 0.6 is 0 Å². The van der Waals surface area contributed by atoms with Gasteiger partial charge in [-0.25, -0.2) is 4.99 Å². The first-order valence-electron chi connectivity index (χ1n) is 5.76. The molecule has 0 aliphatic carbocycles. The van der Waals surface area contributed by atoms with Crippen LogP contribution in [0.25, 0.3) is 0 Å². The van der Waals surface area contributed by atoms with Crippen molar-refractivity contribution >= 4 is 17.6 Å². The topological polar surface area (TPSA) is 79.5 Å². The van der Waals surface area contributed by atoms with Gasteiger partial charge in [-0.05, 0) is 24.3 Å². The molecule has 96 valence electrons. The van der Waals surface area contributed by atoms with Crippen LogP contribution in [0.1, 0.15) is 10.4 Å². The molecule has 2 aromatic rings. The fourth-order valence-electron chi connectivity index (χ4n) is 1.45. The number of nitrogens with two attached hydrogens (primary N) is 1. The van der Waals surface area contributed by atoms with Crippen molar-refractivity contribution < 1.29 is 4.79 Å². The standard InChI is InChI=1S/C14H14N4O/c15-14(16-12-9-5-2-6-10-12)18-17-13(19)11-7-3-1-4-8-11/h1-10H,(H,17,19)(H3,15,16,18). The van der Waals surface area contributed by atoms with Gasteiger partial charge in [-0.15, -0.1) is 0 Å². The van der Waals surface area contributed by atoms with Crippen LogP contribution < -0.4 is 16.6 Å². The van der Waals surface area contributed by atoms with Gasteiger partial charge in [0.25, 0.3) is 5.91 Å². The van der Waals surface area contributed by atoms with Gasteiger partial charge in [0.05, 0.1) is 5.69 Å². The molecular formula is C14H14N4O. The molecule has 19 heavy (non-hydrogen) atoms. The van der Waals surface area contributed by atoms with Crippen LogP contribution in [-0.2, 0) is 0 Å².